The second-order valence-corrected chi connectivity index (χ2v) is 10.3. The maximum atomic E-state index is 13.1. The van der Waals surface area contributed by atoms with Crippen molar-refractivity contribution in [1.29, 1.82) is 0 Å². The fraction of sp³-hybridized carbons (Fsp3) is 0.125. The van der Waals surface area contributed by atoms with Gasteiger partial charge in [-0.1, -0.05) is 71.7 Å². The molecule has 0 radical (unpaired) electrons. The predicted molar refractivity (Wildman–Crippen MR) is 137 cm³/mol. The number of primary amides is 1. The van der Waals surface area contributed by atoms with Crippen molar-refractivity contribution in [2.75, 3.05) is 13.1 Å². The van der Waals surface area contributed by atoms with Crippen LogP contribution in [0.4, 0.5) is 0 Å². The van der Waals surface area contributed by atoms with Gasteiger partial charge < -0.3 is 5.73 Å². The molecule has 0 fully saturated rings. The molecule has 3 N–H and O–H groups in total. The first-order chi connectivity index (χ1) is 16.7. The van der Waals surface area contributed by atoms with Crippen molar-refractivity contribution >= 4 is 50.8 Å². The Kier molecular flexibility index (Phi) is 7.39. The van der Waals surface area contributed by atoms with Gasteiger partial charge in [0.25, 0.3) is 10.0 Å². The number of benzene rings is 3. The molecule has 0 aromatic heterocycles. The van der Waals surface area contributed by atoms with E-state index in [2.05, 4.69) is 9.71 Å². The van der Waals surface area contributed by atoms with Gasteiger partial charge in [-0.2, -0.15) is 5.10 Å². The van der Waals surface area contributed by atoms with E-state index in [-0.39, 0.29) is 28.3 Å². The van der Waals surface area contributed by atoms with E-state index in [1.165, 1.54) is 23.2 Å². The second kappa shape index (κ2) is 10.5. The van der Waals surface area contributed by atoms with E-state index in [9.17, 15) is 13.2 Å². The molecule has 1 aliphatic heterocycles. The highest BCUT2D eigenvalue weighted by atomic mass is 35.5. The lowest BCUT2D eigenvalue weighted by molar-refractivity contribution is -0.116. The third kappa shape index (κ3) is 6.00. The summed E-state index contributed by atoms with van der Waals surface area (Å²) < 4.78 is 28.6. The quantitative estimate of drug-likeness (QED) is 0.374. The van der Waals surface area contributed by atoms with Crippen LogP contribution in [0.3, 0.4) is 0 Å². The number of hydrazone groups is 1. The number of amides is 1. The Bertz CT molecular complexity index is 1390. The molecule has 0 bridgehead atoms. The van der Waals surface area contributed by atoms with Gasteiger partial charge in [0, 0.05) is 16.0 Å². The summed E-state index contributed by atoms with van der Waals surface area (Å²) in [4.78, 5) is 15.5. The van der Waals surface area contributed by atoms with Crippen LogP contribution in [0.25, 0.3) is 0 Å². The molecule has 3 aromatic rings. The maximum Gasteiger partial charge on any atom is 0.264 e. The molecule has 1 amide bonds. The van der Waals surface area contributed by atoms with E-state index in [1.807, 2.05) is 42.5 Å². The number of sulfonamides is 1. The second-order valence-electron chi connectivity index (χ2n) is 7.71. The highest BCUT2D eigenvalue weighted by molar-refractivity contribution is 7.90. The third-order valence-corrected chi connectivity index (χ3v) is 7.03. The topological polar surface area (TPSA) is 117 Å². The highest BCUT2D eigenvalue weighted by Crippen LogP contribution is 2.29. The molecule has 0 spiro atoms. The summed E-state index contributed by atoms with van der Waals surface area (Å²) in [5.41, 5.74) is 7.77. The Labute approximate surface area is 213 Å². The summed E-state index contributed by atoms with van der Waals surface area (Å²) >= 11 is 12.0. The normalized spacial score (nSPS) is 16.2. The Morgan fingerprint density at radius 1 is 1.03 bits per heavy atom. The Morgan fingerprint density at radius 2 is 1.74 bits per heavy atom. The van der Waals surface area contributed by atoms with Gasteiger partial charge in [0.2, 0.25) is 11.9 Å². The molecule has 0 aliphatic carbocycles. The lowest BCUT2D eigenvalue weighted by atomic mass is 9.91. The van der Waals surface area contributed by atoms with Crippen molar-refractivity contribution in [1.82, 2.24) is 9.73 Å². The number of halogens is 2. The van der Waals surface area contributed by atoms with Gasteiger partial charge in [-0.25, -0.2) is 23.1 Å². The Morgan fingerprint density at radius 3 is 2.40 bits per heavy atom. The maximum absolute atomic E-state index is 13.1. The highest BCUT2D eigenvalue weighted by Gasteiger charge is 2.33. The molecule has 4 rings (SSSR count). The van der Waals surface area contributed by atoms with E-state index in [4.69, 9.17) is 34.0 Å². The number of hydrogen-bond acceptors (Lipinski definition) is 5. The molecule has 1 atom stereocenters. The summed E-state index contributed by atoms with van der Waals surface area (Å²) in [6.45, 7) is -0.149. The number of guanidine groups is 1. The van der Waals surface area contributed by atoms with Gasteiger partial charge >= 0.3 is 0 Å². The molecule has 0 saturated carbocycles. The molecule has 8 nitrogen and oxygen atoms in total. The minimum Gasteiger partial charge on any atom is -0.368 e. The van der Waals surface area contributed by atoms with Crippen LogP contribution in [0, 0.1) is 0 Å². The van der Waals surface area contributed by atoms with Crippen molar-refractivity contribution in [2.45, 2.75) is 10.8 Å². The third-order valence-electron chi connectivity index (χ3n) is 5.22. The monoisotopic (exact) mass is 529 g/mol. The van der Waals surface area contributed by atoms with Crippen LogP contribution in [0.15, 0.2) is 93.9 Å². The van der Waals surface area contributed by atoms with E-state index < -0.39 is 22.5 Å². The van der Waals surface area contributed by atoms with Crippen LogP contribution in [0.5, 0.6) is 0 Å². The van der Waals surface area contributed by atoms with Gasteiger partial charge in [-0.15, -0.1) is 0 Å². The lowest BCUT2D eigenvalue weighted by Crippen LogP contribution is -2.42. The molecule has 1 heterocycles. The molecule has 1 unspecified atom stereocenters. The zero-order chi connectivity index (χ0) is 25.0. The van der Waals surface area contributed by atoms with Gasteiger partial charge in [0.1, 0.15) is 6.54 Å². The minimum atomic E-state index is -4.08. The van der Waals surface area contributed by atoms with Crippen LogP contribution in [0.2, 0.25) is 10.0 Å². The van der Waals surface area contributed by atoms with E-state index in [1.54, 1.807) is 18.2 Å². The Hall–Kier alpha value is -3.40. The van der Waals surface area contributed by atoms with Crippen LogP contribution < -0.4 is 10.5 Å². The molecule has 180 valence electrons. The van der Waals surface area contributed by atoms with E-state index in [0.29, 0.717) is 10.7 Å². The number of nitrogens with zero attached hydrogens (tertiary/aromatic N) is 3. The van der Waals surface area contributed by atoms with Gasteiger partial charge in [0.05, 0.1) is 17.2 Å². The van der Waals surface area contributed by atoms with Crippen LogP contribution in [0.1, 0.15) is 17.0 Å². The van der Waals surface area contributed by atoms with Gasteiger partial charge in [0.15, 0.2) is 0 Å². The number of nitrogens with two attached hydrogens (primary N) is 1. The molecule has 35 heavy (non-hydrogen) atoms. The first-order valence-electron chi connectivity index (χ1n) is 10.5. The van der Waals surface area contributed by atoms with Gasteiger partial charge in [-0.05, 0) is 41.5 Å². The van der Waals surface area contributed by atoms with E-state index in [0.717, 1.165) is 11.1 Å². The molecule has 3 aromatic carbocycles. The smallest absolute Gasteiger partial charge is 0.264 e. The summed E-state index contributed by atoms with van der Waals surface area (Å²) in [5.74, 6) is -1.05. The summed E-state index contributed by atoms with van der Waals surface area (Å²) in [5, 5.41) is 6.96. The fourth-order valence-corrected chi connectivity index (χ4v) is 5.04. The number of nitrogens with one attached hydrogen (secondary N) is 1. The number of carbonyl (C=O) groups is 1. The molecule has 1 aliphatic rings. The first-order valence-corrected chi connectivity index (χ1v) is 12.7. The molecule has 0 saturated heterocycles. The van der Waals surface area contributed by atoms with Crippen molar-refractivity contribution < 1.29 is 13.2 Å². The Balaban J connectivity index is 1.74. The fourth-order valence-electron chi connectivity index (χ4n) is 3.59. The standard InChI is InChI=1S/C24H21Cl2N5O3S/c25-18-11-9-17(10-12-18)23-21(16-5-2-1-3-6-16)15-31(29-23)24(28-14-22(27)32)30-35(33,34)20-8-4-7-19(26)13-20/h1-13,21H,14-15H2,(H2,27,32)(H,28,30). The van der Waals surface area contributed by atoms with Crippen LogP contribution >= 0.6 is 23.2 Å². The number of carbonyl (C=O) groups excluding carboxylic acids is 1. The summed E-state index contributed by atoms with van der Waals surface area (Å²) in [6.07, 6.45) is 0. The van der Waals surface area contributed by atoms with Crippen LogP contribution in [-0.2, 0) is 14.8 Å². The minimum absolute atomic E-state index is 0.0579. The summed E-state index contributed by atoms with van der Waals surface area (Å²) in [7, 11) is -4.08. The first kappa shape index (κ1) is 24.7. The van der Waals surface area contributed by atoms with Crippen molar-refractivity contribution in [2.24, 2.45) is 15.8 Å². The lowest BCUT2D eigenvalue weighted by Gasteiger charge is -2.19. The van der Waals surface area contributed by atoms with E-state index >= 15 is 0 Å². The number of rotatable bonds is 6. The molecular weight excluding hydrogens is 509 g/mol. The average molecular weight is 530 g/mol. The average Bonchev–Trinajstić information content (AvgIpc) is 3.28. The molecule has 11 heteroatoms. The summed E-state index contributed by atoms with van der Waals surface area (Å²) in [6, 6.07) is 22.7. The van der Waals surface area contributed by atoms with Crippen molar-refractivity contribution in [3.63, 3.8) is 0 Å². The number of aliphatic imine (C=N–C) groups is 1. The SMILES string of the molecule is NC(=O)CN=C(NS(=O)(=O)c1cccc(Cl)c1)N1CC(c2ccccc2)C(c2ccc(Cl)cc2)=N1. The predicted octanol–water partition coefficient (Wildman–Crippen LogP) is 3.62. The zero-order valence-electron chi connectivity index (χ0n) is 18.3. The largest absolute Gasteiger partial charge is 0.368 e. The number of hydrogen-bond donors (Lipinski definition) is 2. The van der Waals surface area contributed by atoms with Crippen molar-refractivity contribution in [3.8, 4) is 0 Å². The van der Waals surface area contributed by atoms with Gasteiger partial charge in [-0.3, -0.25) is 4.79 Å². The van der Waals surface area contributed by atoms with Crippen molar-refractivity contribution in [3.05, 3.63) is 100 Å². The van der Waals surface area contributed by atoms with Crippen LogP contribution in [-0.4, -0.2) is 44.1 Å². The zero-order valence-corrected chi connectivity index (χ0v) is 20.6. The molecular formula is C24H21Cl2N5O3S.